The first-order valence-electron chi connectivity index (χ1n) is 8.86. The lowest BCUT2D eigenvalue weighted by Crippen LogP contribution is -2.22. The van der Waals surface area contributed by atoms with Crippen LogP contribution in [0.1, 0.15) is 11.4 Å². The molecule has 29 heavy (non-hydrogen) atoms. The van der Waals surface area contributed by atoms with E-state index < -0.39 is 0 Å². The standard InChI is InChI=1S/C23H16Cl2N2O2/c1-29-17-10-8-16(9-11-17)27-22(13-7-15-6-12-19(24)20(25)14-15)26-21-5-3-2-4-18(21)23(27)28/h2-14H,1H3/b13-7+. The molecular weight excluding hydrogens is 407 g/mol. The van der Waals surface area contributed by atoms with Gasteiger partial charge in [0.25, 0.3) is 5.56 Å². The molecule has 4 rings (SSSR count). The van der Waals surface area contributed by atoms with E-state index in [0.29, 0.717) is 38.2 Å². The molecule has 1 aromatic heterocycles. The second-order valence-electron chi connectivity index (χ2n) is 6.33. The number of hydrogen-bond acceptors (Lipinski definition) is 3. The first-order valence-corrected chi connectivity index (χ1v) is 9.62. The van der Waals surface area contributed by atoms with Gasteiger partial charge in [-0.25, -0.2) is 4.98 Å². The number of rotatable bonds is 4. The van der Waals surface area contributed by atoms with E-state index in [9.17, 15) is 4.79 Å². The summed E-state index contributed by atoms with van der Waals surface area (Å²) in [6.07, 6.45) is 3.64. The van der Waals surface area contributed by atoms with Crippen LogP contribution in [-0.2, 0) is 0 Å². The summed E-state index contributed by atoms with van der Waals surface area (Å²) < 4.78 is 6.80. The fourth-order valence-corrected chi connectivity index (χ4v) is 3.34. The molecule has 0 aliphatic carbocycles. The third-order valence-electron chi connectivity index (χ3n) is 4.50. The van der Waals surface area contributed by atoms with Crippen molar-refractivity contribution in [3.8, 4) is 11.4 Å². The average molecular weight is 423 g/mol. The summed E-state index contributed by atoms with van der Waals surface area (Å²) in [7, 11) is 1.60. The molecule has 0 saturated heterocycles. The van der Waals surface area contributed by atoms with Gasteiger partial charge >= 0.3 is 0 Å². The third kappa shape index (κ3) is 3.90. The van der Waals surface area contributed by atoms with Crippen molar-refractivity contribution >= 4 is 46.3 Å². The summed E-state index contributed by atoms with van der Waals surface area (Å²) in [5, 5.41) is 1.51. The fraction of sp³-hybridized carbons (Fsp3) is 0.0435. The summed E-state index contributed by atoms with van der Waals surface area (Å²) in [5.41, 5.74) is 2.04. The van der Waals surface area contributed by atoms with Gasteiger partial charge in [-0.3, -0.25) is 9.36 Å². The number of hydrogen-bond donors (Lipinski definition) is 0. The highest BCUT2D eigenvalue weighted by molar-refractivity contribution is 6.42. The quantitative estimate of drug-likeness (QED) is 0.412. The lowest BCUT2D eigenvalue weighted by Gasteiger charge is -2.12. The highest BCUT2D eigenvalue weighted by Crippen LogP contribution is 2.24. The van der Waals surface area contributed by atoms with Gasteiger partial charge in [0.2, 0.25) is 0 Å². The van der Waals surface area contributed by atoms with Crippen LogP contribution in [0.25, 0.3) is 28.7 Å². The largest absolute Gasteiger partial charge is 0.497 e. The van der Waals surface area contributed by atoms with E-state index >= 15 is 0 Å². The van der Waals surface area contributed by atoms with Crippen LogP contribution < -0.4 is 10.3 Å². The number of halogens is 2. The van der Waals surface area contributed by atoms with E-state index in [1.807, 2.05) is 54.6 Å². The number of aromatic nitrogens is 2. The van der Waals surface area contributed by atoms with Gasteiger partial charge in [-0.15, -0.1) is 0 Å². The van der Waals surface area contributed by atoms with Crippen molar-refractivity contribution < 1.29 is 4.74 Å². The molecule has 0 bridgehead atoms. The van der Waals surface area contributed by atoms with Crippen LogP contribution in [0.2, 0.25) is 10.0 Å². The van der Waals surface area contributed by atoms with E-state index in [1.54, 1.807) is 36.0 Å². The summed E-state index contributed by atoms with van der Waals surface area (Å²) in [6.45, 7) is 0. The molecular formula is C23H16Cl2N2O2. The van der Waals surface area contributed by atoms with Gasteiger partial charge in [0.15, 0.2) is 0 Å². The number of ether oxygens (including phenoxy) is 1. The molecule has 0 aliphatic rings. The normalized spacial score (nSPS) is 11.3. The van der Waals surface area contributed by atoms with Crippen molar-refractivity contribution in [3.63, 3.8) is 0 Å². The number of nitrogens with zero attached hydrogens (tertiary/aromatic N) is 2. The maximum absolute atomic E-state index is 13.2. The van der Waals surface area contributed by atoms with Crippen LogP contribution in [0.15, 0.2) is 71.5 Å². The van der Waals surface area contributed by atoms with Crippen molar-refractivity contribution in [1.82, 2.24) is 9.55 Å². The SMILES string of the molecule is COc1ccc(-n2c(/C=C/c3ccc(Cl)c(Cl)c3)nc3ccccc3c2=O)cc1. The second-order valence-corrected chi connectivity index (χ2v) is 7.15. The van der Waals surface area contributed by atoms with Crippen LogP contribution in [0.4, 0.5) is 0 Å². The van der Waals surface area contributed by atoms with Crippen LogP contribution in [0.3, 0.4) is 0 Å². The van der Waals surface area contributed by atoms with Gasteiger partial charge < -0.3 is 4.74 Å². The van der Waals surface area contributed by atoms with Gasteiger partial charge in [-0.1, -0.05) is 47.5 Å². The van der Waals surface area contributed by atoms with Crippen LogP contribution in [0, 0.1) is 0 Å². The molecule has 3 aromatic carbocycles. The van der Waals surface area contributed by atoms with Gasteiger partial charge in [0, 0.05) is 0 Å². The Morgan fingerprint density at radius 3 is 2.41 bits per heavy atom. The van der Waals surface area contributed by atoms with E-state index in [1.165, 1.54) is 0 Å². The molecule has 0 radical (unpaired) electrons. The Hall–Kier alpha value is -3.08. The predicted molar refractivity (Wildman–Crippen MR) is 119 cm³/mol. The van der Waals surface area contributed by atoms with E-state index in [0.717, 1.165) is 5.56 Å². The molecule has 0 aliphatic heterocycles. The molecule has 1 heterocycles. The molecule has 0 unspecified atom stereocenters. The minimum Gasteiger partial charge on any atom is -0.497 e. The van der Waals surface area contributed by atoms with E-state index in [-0.39, 0.29) is 5.56 Å². The van der Waals surface area contributed by atoms with Crippen molar-refractivity contribution in [1.29, 1.82) is 0 Å². The molecule has 0 atom stereocenters. The molecule has 0 amide bonds. The zero-order valence-electron chi connectivity index (χ0n) is 15.5. The molecule has 4 nitrogen and oxygen atoms in total. The predicted octanol–water partition coefficient (Wildman–Crippen LogP) is 5.87. The molecule has 0 spiro atoms. The molecule has 144 valence electrons. The third-order valence-corrected chi connectivity index (χ3v) is 5.24. The molecule has 0 fully saturated rings. The minimum absolute atomic E-state index is 0.144. The Kier molecular flexibility index (Phi) is 5.38. The number of para-hydroxylation sites is 1. The van der Waals surface area contributed by atoms with Crippen LogP contribution in [0.5, 0.6) is 5.75 Å². The lowest BCUT2D eigenvalue weighted by atomic mass is 10.2. The molecule has 4 aromatic rings. The lowest BCUT2D eigenvalue weighted by molar-refractivity contribution is 0.414. The monoisotopic (exact) mass is 422 g/mol. The number of methoxy groups -OCH3 is 1. The van der Waals surface area contributed by atoms with Crippen molar-refractivity contribution in [2.75, 3.05) is 7.11 Å². The molecule has 0 N–H and O–H groups in total. The maximum atomic E-state index is 13.2. The summed E-state index contributed by atoms with van der Waals surface area (Å²) in [5.74, 6) is 1.22. The smallest absolute Gasteiger partial charge is 0.266 e. The van der Waals surface area contributed by atoms with Gasteiger partial charge in [0.1, 0.15) is 11.6 Å². The van der Waals surface area contributed by atoms with E-state index in [2.05, 4.69) is 0 Å². The average Bonchev–Trinajstić information content (AvgIpc) is 2.75. The van der Waals surface area contributed by atoms with Crippen LogP contribution >= 0.6 is 23.2 Å². The van der Waals surface area contributed by atoms with Crippen molar-refractivity contribution in [3.05, 3.63) is 98.5 Å². The summed E-state index contributed by atoms with van der Waals surface area (Å²) in [6, 6.07) is 19.9. The van der Waals surface area contributed by atoms with Crippen LogP contribution in [-0.4, -0.2) is 16.7 Å². The molecule has 6 heteroatoms. The van der Waals surface area contributed by atoms with Gasteiger partial charge in [-0.2, -0.15) is 0 Å². The zero-order valence-corrected chi connectivity index (χ0v) is 17.0. The van der Waals surface area contributed by atoms with Gasteiger partial charge in [-0.05, 0) is 60.2 Å². The van der Waals surface area contributed by atoms with Gasteiger partial charge in [0.05, 0.1) is 33.7 Å². The summed E-state index contributed by atoms with van der Waals surface area (Å²) >= 11 is 12.1. The fourth-order valence-electron chi connectivity index (χ4n) is 3.03. The molecule has 0 saturated carbocycles. The number of fused-ring (bicyclic) bond motifs is 1. The number of benzene rings is 3. The topological polar surface area (TPSA) is 44.1 Å². The zero-order chi connectivity index (χ0) is 20.4. The first-order chi connectivity index (χ1) is 14.1. The minimum atomic E-state index is -0.144. The second kappa shape index (κ2) is 8.11. The first kappa shape index (κ1) is 19.2. The Bertz CT molecular complexity index is 1280. The maximum Gasteiger partial charge on any atom is 0.266 e. The summed E-state index contributed by atoms with van der Waals surface area (Å²) in [4.78, 5) is 17.9. The highest BCUT2D eigenvalue weighted by atomic mass is 35.5. The van der Waals surface area contributed by atoms with E-state index in [4.69, 9.17) is 32.9 Å². The Balaban J connectivity index is 1.89. The Morgan fingerprint density at radius 1 is 0.931 bits per heavy atom. The Morgan fingerprint density at radius 2 is 1.69 bits per heavy atom. The van der Waals surface area contributed by atoms with Crippen molar-refractivity contribution in [2.24, 2.45) is 0 Å². The van der Waals surface area contributed by atoms with Crippen molar-refractivity contribution in [2.45, 2.75) is 0 Å². The highest BCUT2D eigenvalue weighted by Gasteiger charge is 2.11. The Labute approximate surface area is 177 Å².